The Morgan fingerprint density at radius 2 is 2.38 bits per heavy atom. The van der Waals surface area contributed by atoms with Crippen LogP contribution in [-0.2, 0) is 11.8 Å². The molecule has 0 radical (unpaired) electrons. The highest BCUT2D eigenvalue weighted by Crippen LogP contribution is 2.17. The number of carbonyl (C=O) groups is 1. The fourth-order valence-corrected chi connectivity index (χ4v) is 1.20. The van der Waals surface area contributed by atoms with Crippen LogP contribution >= 0.6 is 15.9 Å². The standard InChI is InChI=1S/C7H10BrN3O2/c1-3-13-6(12)4-5(9)11(2)7(8)10-4/h3,9H2,1-2H3. The number of carbonyl (C=O) groups excluding carboxylic acids is 1. The molecule has 0 bridgehead atoms. The fourth-order valence-electron chi connectivity index (χ4n) is 0.832. The van der Waals surface area contributed by atoms with Gasteiger partial charge in [0.15, 0.2) is 10.4 Å². The molecule has 13 heavy (non-hydrogen) atoms. The van der Waals surface area contributed by atoms with Crippen LogP contribution in [0.2, 0.25) is 0 Å². The van der Waals surface area contributed by atoms with Crippen molar-refractivity contribution in [2.75, 3.05) is 12.3 Å². The molecule has 0 aliphatic carbocycles. The highest BCUT2D eigenvalue weighted by Gasteiger charge is 2.18. The molecule has 72 valence electrons. The van der Waals surface area contributed by atoms with Gasteiger partial charge in [-0.15, -0.1) is 0 Å². The Kier molecular flexibility index (Phi) is 2.92. The Balaban J connectivity index is 3.01. The molecule has 0 spiro atoms. The first-order valence-electron chi connectivity index (χ1n) is 3.72. The molecular weight excluding hydrogens is 238 g/mol. The molecule has 0 saturated heterocycles. The zero-order valence-corrected chi connectivity index (χ0v) is 8.96. The number of anilines is 1. The first-order chi connectivity index (χ1) is 6.07. The second kappa shape index (κ2) is 3.78. The molecular formula is C7H10BrN3O2. The average Bonchev–Trinajstić information content (AvgIpc) is 2.33. The van der Waals surface area contributed by atoms with Gasteiger partial charge in [-0.3, -0.25) is 0 Å². The van der Waals surface area contributed by atoms with Gasteiger partial charge in [-0.05, 0) is 22.9 Å². The predicted molar refractivity (Wildman–Crippen MR) is 51.3 cm³/mol. The van der Waals surface area contributed by atoms with Crippen LogP contribution in [0.15, 0.2) is 4.73 Å². The number of aromatic nitrogens is 2. The SMILES string of the molecule is CCOC(=O)c1nc(Br)n(C)c1N. The van der Waals surface area contributed by atoms with Crippen LogP contribution in [-0.4, -0.2) is 22.1 Å². The number of hydrogen-bond donors (Lipinski definition) is 1. The Morgan fingerprint density at radius 1 is 1.77 bits per heavy atom. The molecule has 0 aliphatic heterocycles. The third kappa shape index (κ3) is 1.82. The summed E-state index contributed by atoms with van der Waals surface area (Å²) in [5, 5.41) is 0. The van der Waals surface area contributed by atoms with Crippen molar-refractivity contribution in [2.45, 2.75) is 6.92 Å². The molecule has 0 saturated carbocycles. The number of hydrogen-bond acceptors (Lipinski definition) is 4. The maximum absolute atomic E-state index is 11.2. The van der Waals surface area contributed by atoms with E-state index in [1.54, 1.807) is 18.5 Å². The van der Waals surface area contributed by atoms with Crippen LogP contribution in [0, 0.1) is 0 Å². The van der Waals surface area contributed by atoms with Crippen molar-refractivity contribution < 1.29 is 9.53 Å². The molecule has 0 aromatic carbocycles. The molecule has 1 aromatic rings. The van der Waals surface area contributed by atoms with Gasteiger partial charge < -0.3 is 15.0 Å². The number of esters is 1. The van der Waals surface area contributed by atoms with Crippen LogP contribution < -0.4 is 5.73 Å². The average molecular weight is 248 g/mol. The van der Waals surface area contributed by atoms with Crippen molar-refractivity contribution in [1.82, 2.24) is 9.55 Å². The lowest BCUT2D eigenvalue weighted by Crippen LogP contribution is -2.08. The molecule has 2 N–H and O–H groups in total. The van der Waals surface area contributed by atoms with Gasteiger partial charge >= 0.3 is 5.97 Å². The molecule has 0 atom stereocenters. The second-order valence-electron chi connectivity index (χ2n) is 2.39. The largest absolute Gasteiger partial charge is 0.461 e. The van der Waals surface area contributed by atoms with Gasteiger partial charge in [0.1, 0.15) is 5.82 Å². The first-order valence-corrected chi connectivity index (χ1v) is 4.52. The Bertz CT molecular complexity index is 335. The summed E-state index contributed by atoms with van der Waals surface area (Å²) in [5.74, 6) is -0.202. The number of rotatable bonds is 2. The van der Waals surface area contributed by atoms with E-state index in [4.69, 9.17) is 10.5 Å². The van der Waals surface area contributed by atoms with Gasteiger partial charge in [0.2, 0.25) is 0 Å². The van der Waals surface area contributed by atoms with Crippen molar-refractivity contribution >= 4 is 27.7 Å². The summed E-state index contributed by atoms with van der Waals surface area (Å²) >= 11 is 3.15. The quantitative estimate of drug-likeness (QED) is 0.790. The summed E-state index contributed by atoms with van der Waals surface area (Å²) in [6, 6.07) is 0. The van der Waals surface area contributed by atoms with Crippen LogP contribution in [0.1, 0.15) is 17.4 Å². The van der Waals surface area contributed by atoms with Gasteiger partial charge in [0, 0.05) is 7.05 Å². The third-order valence-electron chi connectivity index (χ3n) is 1.55. The van der Waals surface area contributed by atoms with Crippen molar-refractivity contribution in [3.8, 4) is 0 Å². The zero-order chi connectivity index (χ0) is 10.0. The molecule has 1 heterocycles. The summed E-state index contributed by atoms with van der Waals surface area (Å²) < 4.78 is 6.83. The van der Waals surface area contributed by atoms with Crippen LogP contribution in [0.5, 0.6) is 0 Å². The molecule has 1 aromatic heterocycles. The number of ether oxygens (including phenoxy) is 1. The highest BCUT2D eigenvalue weighted by molar-refractivity contribution is 9.10. The molecule has 5 nitrogen and oxygen atoms in total. The van der Waals surface area contributed by atoms with Gasteiger partial charge in [0.25, 0.3) is 0 Å². The smallest absolute Gasteiger partial charge is 0.360 e. The van der Waals surface area contributed by atoms with E-state index in [1.165, 1.54) is 0 Å². The first kappa shape index (κ1) is 10.0. The lowest BCUT2D eigenvalue weighted by molar-refractivity contribution is 0.0521. The molecule has 0 fully saturated rings. The minimum atomic E-state index is -0.499. The highest BCUT2D eigenvalue weighted by atomic mass is 79.9. The minimum absolute atomic E-state index is 0.149. The van der Waals surface area contributed by atoms with Crippen molar-refractivity contribution in [3.63, 3.8) is 0 Å². The van der Waals surface area contributed by atoms with E-state index >= 15 is 0 Å². The molecule has 0 aliphatic rings. The molecule has 1 rings (SSSR count). The van der Waals surface area contributed by atoms with Gasteiger partial charge in [0.05, 0.1) is 6.61 Å². The topological polar surface area (TPSA) is 70.1 Å². The van der Waals surface area contributed by atoms with E-state index in [9.17, 15) is 4.79 Å². The summed E-state index contributed by atoms with van der Waals surface area (Å²) in [7, 11) is 1.70. The minimum Gasteiger partial charge on any atom is -0.461 e. The lowest BCUT2D eigenvalue weighted by atomic mass is 10.4. The fraction of sp³-hybridized carbons (Fsp3) is 0.429. The van der Waals surface area contributed by atoms with Crippen LogP contribution in [0.3, 0.4) is 0 Å². The zero-order valence-electron chi connectivity index (χ0n) is 7.37. The van der Waals surface area contributed by atoms with Crippen LogP contribution in [0.4, 0.5) is 5.82 Å². The van der Waals surface area contributed by atoms with Gasteiger partial charge in [-0.25, -0.2) is 9.78 Å². The van der Waals surface area contributed by atoms with Gasteiger partial charge in [-0.2, -0.15) is 0 Å². The van der Waals surface area contributed by atoms with Crippen molar-refractivity contribution in [1.29, 1.82) is 0 Å². The number of halogens is 1. The number of imidazole rings is 1. The lowest BCUT2D eigenvalue weighted by Gasteiger charge is -1.99. The number of nitrogens with two attached hydrogens (primary N) is 1. The Hall–Kier alpha value is -1.04. The third-order valence-corrected chi connectivity index (χ3v) is 2.26. The summed E-state index contributed by atoms with van der Waals surface area (Å²) in [6.45, 7) is 2.04. The van der Waals surface area contributed by atoms with Crippen molar-refractivity contribution in [3.05, 3.63) is 10.4 Å². The Labute approximate surface area is 84.0 Å². The molecule has 0 unspecified atom stereocenters. The maximum atomic E-state index is 11.2. The number of nitrogens with zero attached hydrogens (tertiary/aromatic N) is 2. The van der Waals surface area contributed by atoms with E-state index < -0.39 is 5.97 Å². The molecule has 0 amide bonds. The van der Waals surface area contributed by atoms with Crippen molar-refractivity contribution in [2.24, 2.45) is 7.05 Å². The monoisotopic (exact) mass is 247 g/mol. The van der Waals surface area contributed by atoms with E-state index in [0.717, 1.165) is 0 Å². The molecule has 6 heteroatoms. The Morgan fingerprint density at radius 3 is 2.77 bits per heavy atom. The van der Waals surface area contributed by atoms with E-state index in [2.05, 4.69) is 20.9 Å². The summed E-state index contributed by atoms with van der Waals surface area (Å²) in [5.41, 5.74) is 5.75. The number of nitrogen functional groups attached to an aromatic ring is 1. The predicted octanol–water partition coefficient (Wildman–Crippen LogP) is 0.942. The van der Waals surface area contributed by atoms with E-state index in [-0.39, 0.29) is 5.69 Å². The van der Waals surface area contributed by atoms with Gasteiger partial charge in [-0.1, -0.05) is 0 Å². The summed E-state index contributed by atoms with van der Waals surface area (Å²) in [6.07, 6.45) is 0. The van der Waals surface area contributed by atoms with Crippen LogP contribution in [0.25, 0.3) is 0 Å². The van der Waals surface area contributed by atoms with E-state index in [1.807, 2.05) is 0 Å². The normalized spacial score (nSPS) is 10.1. The second-order valence-corrected chi connectivity index (χ2v) is 3.10. The maximum Gasteiger partial charge on any atom is 0.360 e. The summed E-state index contributed by atoms with van der Waals surface area (Å²) in [4.78, 5) is 15.1. The van der Waals surface area contributed by atoms with E-state index in [0.29, 0.717) is 17.2 Å².